The van der Waals surface area contributed by atoms with Crippen molar-refractivity contribution in [1.29, 1.82) is 0 Å². The van der Waals surface area contributed by atoms with Gasteiger partial charge in [0.05, 0.1) is 12.5 Å². The van der Waals surface area contributed by atoms with Crippen LogP contribution in [-0.2, 0) is 16.2 Å². The van der Waals surface area contributed by atoms with Crippen molar-refractivity contribution < 1.29 is 14.7 Å². The summed E-state index contributed by atoms with van der Waals surface area (Å²) in [6.45, 7) is 4.20. The predicted octanol–water partition coefficient (Wildman–Crippen LogP) is 2.79. The van der Waals surface area contributed by atoms with Gasteiger partial charge in [-0.15, -0.1) is 0 Å². The second-order valence-corrected chi connectivity index (χ2v) is 6.54. The van der Waals surface area contributed by atoms with E-state index in [1.54, 1.807) is 11.0 Å². The summed E-state index contributed by atoms with van der Waals surface area (Å²) in [6, 6.07) is 13.2. The molecule has 0 spiro atoms. The topological polar surface area (TPSA) is 69.6 Å². The molecule has 0 saturated carbocycles. The molecule has 3 rings (SSSR count). The lowest BCUT2D eigenvalue weighted by atomic mass is 10.1. The van der Waals surface area contributed by atoms with Gasteiger partial charge in [0.2, 0.25) is 11.8 Å². The van der Waals surface area contributed by atoms with Gasteiger partial charge < -0.3 is 15.3 Å². The van der Waals surface area contributed by atoms with E-state index in [4.69, 9.17) is 0 Å². The number of hydrogen-bond donors (Lipinski definition) is 2. The lowest BCUT2D eigenvalue weighted by Gasteiger charge is -2.17. The van der Waals surface area contributed by atoms with Crippen LogP contribution in [-0.4, -0.2) is 23.5 Å². The van der Waals surface area contributed by atoms with Crippen molar-refractivity contribution >= 4 is 23.2 Å². The molecule has 5 nitrogen and oxygen atoms in total. The van der Waals surface area contributed by atoms with Gasteiger partial charge in [-0.2, -0.15) is 0 Å². The van der Waals surface area contributed by atoms with Gasteiger partial charge >= 0.3 is 0 Å². The molecule has 1 unspecified atom stereocenters. The molecule has 2 amide bonds. The summed E-state index contributed by atoms with van der Waals surface area (Å²) in [7, 11) is 0. The Morgan fingerprint density at radius 3 is 2.60 bits per heavy atom. The number of nitrogens with one attached hydrogen (secondary N) is 1. The zero-order valence-corrected chi connectivity index (χ0v) is 14.5. The smallest absolute Gasteiger partial charge is 0.229 e. The minimum atomic E-state index is -0.383. The Kier molecular flexibility index (Phi) is 4.86. The first kappa shape index (κ1) is 17.2. The maximum Gasteiger partial charge on any atom is 0.229 e. The molecule has 0 aliphatic carbocycles. The second-order valence-electron chi connectivity index (χ2n) is 6.54. The van der Waals surface area contributed by atoms with Crippen LogP contribution in [0.15, 0.2) is 42.5 Å². The quantitative estimate of drug-likeness (QED) is 0.901. The van der Waals surface area contributed by atoms with E-state index < -0.39 is 0 Å². The van der Waals surface area contributed by atoms with E-state index in [0.717, 1.165) is 22.4 Å². The highest BCUT2D eigenvalue weighted by Gasteiger charge is 2.35. The molecule has 1 saturated heterocycles. The monoisotopic (exact) mass is 338 g/mol. The summed E-state index contributed by atoms with van der Waals surface area (Å²) < 4.78 is 0. The van der Waals surface area contributed by atoms with Crippen LogP contribution in [0.4, 0.5) is 11.4 Å². The molecular formula is C20H22N2O3. The third-order valence-electron chi connectivity index (χ3n) is 4.58. The van der Waals surface area contributed by atoms with Gasteiger partial charge in [-0.3, -0.25) is 9.59 Å². The summed E-state index contributed by atoms with van der Waals surface area (Å²) in [5.74, 6) is -0.586. The van der Waals surface area contributed by atoms with Gasteiger partial charge in [0.1, 0.15) is 0 Å². The van der Waals surface area contributed by atoms with Crippen LogP contribution in [0.2, 0.25) is 0 Å². The van der Waals surface area contributed by atoms with Crippen LogP contribution < -0.4 is 10.2 Å². The molecule has 130 valence electrons. The molecule has 1 aliphatic rings. The van der Waals surface area contributed by atoms with Crippen LogP contribution in [0.5, 0.6) is 0 Å². The first-order valence-electron chi connectivity index (χ1n) is 8.36. The number of aryl methyl sites for hydroxylation is 2. The number of amides is 2. The first-order valence-corrected chi connectivity index (χ1v) is 8.36. The number of carbonyl (C=O) groups excluding carboxylic acids is 2. The lowest BCUT2D eigenvalue weighted by Crippen LogP contribution is -2.28. The second kappa shape index (κ2) is 7.07. The number of nitrogens with zero attached hydrogens (tertiary/aromatic N) is 1. The fourth-order valence-corrected chi connectivity index (χ4v) is 2.99. The number of rotatable bonds is 4. The van der Waals surface area contributed by atoms with Crippen molar-refractivity contribution in [3.63, 3.8) is 0 Å². The highest BCUT2D eigenvalue weighted by molar-refractivity contribution is 6.03. The molecule has 0 aromatic heterocycles. The zero-order chi connectivity index (χ0) is 18.0. The standard InChI is InChI=1S/C20H22N2O3/c1-13-3-7-17(8-4-13)22-11-16(10-19(22)24)20(25)21-18-9-15(12-23)6-5-14(18)2/h3-9,16,23H,10-12H2,1-2H3,(H,21,25). The average Bonchev–Trinajstić information content (AvgIpc) is 2.99. The van der Waals surface area contributed by atoms with E-state index in [0.29, 0.717) is 12.2 Å². The van der Waals surface area contributed by atoms with Crippen LogP contribution in [0.25, 0.3) is 0 Å². The number of carbonyl (C=O) groups is 2. The molecule has 1 heterocycles. The van der Waals surface area contributed by atoms with Crippen molar-refractivity contribution in [1.82, 2.24) is 0 Å². The first-order chi connectivity index (χ1) is 12.0. The largest absolute Gasteiger partial charge is 0.392 e. The third kappa shape index (κ3) is 3.72. The predicted molar refractivity (Wildman–Crippen MR) is 97.4 cm³/mol. The molecular weight excluding hydrogens is 316 g/mol. The van der Waals surface area contributed by atoms with Crippen molar-refractivity contribution in [2.45, 2.75) is 26.9 Å². The summed E-state index contributed by atoms with van der Waals surface area (Å²) in [5.41, 5.74) is 4.29. The van der Waals surface area contributed by atoms with Gasteiger partial charge in [0.15, 0.2) is 0 Å². The molecule has 1 fully saturated rings. The summed E-state index contributed by atoms with van der Waals surface area (Å²) >= 11 is 0. The van der Waals surface area contributed by atoms with E-state index >= 15 is 0 Å². The zero-order valence-electron chi connectivity index (χ0n) is 14.5. The highest BCUT2D eigenvalue weighted by Crippen LogP contribution is 2.27. The minimum absolute atomic E-state index is 0.0372. The minimum Gasteiger partial charge on any atom is -0.392 e. The van der Waals surface area contributed by atoms with Gasteiger partial charge in [-0.05, 0) is 43.2 Å². The maximum atomic E-state index is 12.6. The number of anilines is 2. The van der Waals surface area contributed by atoms with Crippen molar-refractivity contribution in [2.75, 3.05) is 16.8 Å². The van der Waals surface area contributed by atoms with E-state index in [1.165, 1.54) is 0 Å². The van der Waals surface area contributed by atoms with Crippen LogP contribution >= 0.6 is 0 Å². The molecule has 2 aromatic carbocycles. The molecule has 2 N–H and O–H groups in total. The van der Waals surface area contributed by atoms with Gasteiger partial charge in [0.25, 0.3) is 0 Å². The fraction of sp³-hybridized carbons (Fsp3) is 0.300. The van der Waals surface area contributed by atoms with Gasteiger partial charge in [-0.1, -0.05) is 29.8 Å². The highest BCUT2D eigenvalue weighted by atomic mass is 16.3. The SMILES string of the molecule is Cc1ccc(N2CC(C(=O)Nc3cc(CO)ccc3C)CC2=O)cc1. The molecule has 0 bridgehead atoms. The Labute approximate surface area is 147 Å². The summed E-state index contributed by atoms with van der Waals surface area (Å²) in [6.07, 6.45) is 0.207. The Bertz CT molecular complexity index is 799. The molecule has 0 radical (unpaired) electrons. The molecule has 1 atom stereocenters. The summed E-state index contributed by atoms with van der Waals surface area (Å²) in [4.78, 5) is 26.6. The number of hydrogen-bond acceptors (Lipinski definition) is 3. The normalized spacial score (nSPS) is 17.0. The van der Waals surface area contributed by atoms with Crippen molar-refractivity contribution in [3.8, 4) is 0 Å². The van der Waals surface area contributed by atoms with Crippen LogP contribution in [0.3, 0.4) is 0 Å². The van der Waals surface area contributed by atoms with Crippen molar-refractivity contribution in [3.05, 3.63) is 59.2 Å². The number of aliphatic hydroxyl groups is 1. The average molecular weight is 338 g/mol. The maximum absolute atomic E-state index is 12.6. The Morgan fingerprint density at radius 1 is 1.20 bits per heavy atom. The Morgan fingerprint density at radius 2 is 1.92 bits per heavy atom. The molecule has 5 heteroatoms. The lowest BCUT2D eigenvalue weighted by molar-refractivity contribution is -0.122. The number of benzene rings is 2. The van der Waals surface area contributed by atoms with E-state index in [2.05, 4.69) is 5.32 Å². The van der Waals surface area contributed by atoms with Gasteiger partial charge in [0, 0.05) is 24.3 Å². The molecule has 1 aliphatic heterocycles. The number of aliphatic hydroxyl groups excluding tert-OH is 1. The van der Waals surface area contributed by atoms with Crippen LogP contribution in [0.1, 0.15) is 23.1 Å². The third-order valence-corrected chi connectivity index (χ3v) is 4.58. The van der Waals surface area contributed by atoms with Gasteiger partial charge in [-0.25, -0.2) is 0 Å². The van der Waals surface area contributed by atoms with Crippen LogP contribution in [0, 0.1) is 19.8 Å². The van der Waals surface area contributed by atoms with E-state index in [1.807, 2.05) is 50.2 Å². The molecule has 2 aromatic rings. The Hall–Kier alpha value is -2.66. The van der Waals surface area contributed by atoms with E-state index in [-0.39, 0.29) is 30.8 Å². The van der Waals surface area contributed by atoms with Crippen molar-refractivity contribution in [2.24, 2.45) is 5.92 Å². The summed E-state index contributed by atoms with van der Waals surface area (Å²) in [5, 5.41) is 12.1. The fourth-order valence-electron chi connectivity index (χ4n) is 2.99. The van der Waals surface area contributed by atoms with E-state index in [9.17, 15) is 14.7 Å². The Balaban J connectivity index is 1.72. The molecule has 25 heavy (non-hydrogen) atoms.